The molecular formula is C22H24N4O4. The summed E-state index contributed by atoms with van der Waals surface area (Å²) in [6, 6.07) is 3.57. The number of piperidine rings is 1. The van der Waals surface area contributed by atoms with Crippen LogP contribution < -0.4 is 5.32 Å². The van der Waals surface area contributed by atoms with Crippen molar-refractivity contribution in [3.05, 3.63) is 47.3 Å². The first-order valence-electron chi connectivity index (χ1n) is 10.3. The molecule has 2 aliphatic rings. The summed E-state index contributed by atoms with van der Waals surface area (Å²) in [5, 5.41) is 7.77. The van der Waals surface area contributed by atoms with E-state index < -0.39 is 0 Å². The number of hydrogen-bond donors (Lipinski definition) is 1. The van der Waals surface area contributed by atoms with E-state index in [9.17, 15) is 9.59 Å². The molecule has 5 rings (SSSR count). The smallest absolute Gasteiger partial charge is 0.287 e. The second-order valence-electron chi connectivity index (χ2n) is 8.49. The molecule has 1 unspecified atom stereocenters. The van der Waals surface area contributed by atoms with E-state index in [1.165, 1.54) is 0 Å². The highest BCUT2D eigenvalue weighted by Gasteiger charge is 2.55. The summed E-state index contributed by atoms with van der Waals surface area (Å²) in [6.45, 7) is 5.66. The molecule has 8 heteroatoms. The lowest BCUT2D eigenvalue weighted by Crippen LogP contribution is -2.40. The Balaban J connectivity index is 1.15. The average molecular weight is 408 g/mol. The molecule has 1 aliphatic heterocycles. The van der Waals surface area contributed by atoms with Crippen molar-refractivity contribution >= 4 is 22.8 Å². The molecule has 156 valence electrons. The van der Waals surface area contributed by atoms with Gasteiger partial charge in [-0.15, -0.1) is 0 Å². The fraction of sp³-hybridized carbons (Fsp3) is 0.455. The zero-order valence-electron chi connectivity index (χ0n) is 17.1. The van der Waals surface area contributed by atoms with Crippen molar-refractivity contribution in [2.75, 3.05) is 19.6 Å². The molecule has 1 atom stereocenters. The molecule has 0 bridgehead atoms. The Morgan fingerprint density at radius 3 is 2.80 bits per heavy atom. The third kappa shape index (κ3) is 3.16. The normalized spacial score (nSPS) is 19.9. The molecule has 8 nitrogen and oxygen atoms in total. The van der Waals surface area contributed by atoms with Crippen LogP contribution in [-0.2, 0) is 0 Å². The van der Waals surface area contributed by atoms with Crippen LogP contribution in [0, 0.1) is 25.2 Å². The van der Waals surface area contributed by atoms with Gasteiger partial charge in [0.1, 0.15) is 11.3 Å². The van der Waals surface area contributed by atoms with Crippen LogP contribution in [0.15, 0.2) is 33.5 Å². The van der Waals surface area contributed by atoms with Gasteiger partial charge in [-0.05, 0) is 56.6 Å². The lowest BCUT2D eigenvalue weighted by molar-refractivity contribution is 0.0666. The summed E-state index contributed by atoms with van der Waals surface area (Å²) >= 11 is 0. The molecule has 1 aliphatic carbocycles. The Morgan fingerprint density at radius 2 is 2.10 bits per heavy atom. The van der Waals surface area contributed by atoms with E-state index in [-0.39, 0.29) is 17.2 Å². The van der Waals surface area contributed by atoms with Gasteiger partial charge >= 0.3 is 0 Å². The Kier molecular flexibility index (Phi) is 4.38. The van der Waals surface area contributed by atoms with E-state index in [2.05, 4.69) is 15.5 Å². The largest absolute Gasteiger partial charge is 0.449 e. The van der Waals surface area contributed by atoms with Crippen LogP contribution >= 0.6 is 0 Å². The number of carbonyl (C=O) groups is 2. The number of aryl methyl sites for hydroxylation is 2. The third-order valence-corrected chi connectivity index (χ3v) is 6.71. The molecule has 3 aromatic rings. The van der Waals surface area contributed by atoms with Crippen molar-refractivity contribution in [1.29, 1.82) is 0 Å². The number of hydrogen-bond acceptors (Lipinski definition) is 6. The molecule has 1 saturated heterocycles. The van der Waals surface area contributed by atoms with Gasteiger partial charge in [-0.1, -0.05) is 5.16 Å². The third-order valence-electron chi connectivity index (χ3n) is 6.71. The molecular weight excluding hydrogens is 384 g/mol. The zero-order chi connectivity index (χ0) is 20.9. The summed E-state index contributed by atoms with van der Waals surface area (Å²) < 4.78 is 10.7. The lowest BCUT2D eigenvalue weighted by Gasteiger charge is -2.33. The van der Waals surface area contributed by atoms with E-state index in [1.807, 2.05) is 11.0 Å². The molecule has 1 spiro atoms. The minimum absolute atomic E-state index is 0.00554. The van der Waals surface area contributed by atoms with Crippen molar-refractivity contribution in [3.8, 4) is 0 Å². The van der Waals surface area contributed by atoms with Crippen molar-refractivity contribution in [1.82, 2.24) is 20.4 Å². The van der Waals surface area contributed by atoms with Gasteiger partial charge in [0.15, 0.2) is 11.3 Å². The van der Waals surface area contributed by atoms with Crippen molar-refractivity contribution < 1.29 is 18.5 Å². The minimum Gasteiger partial charge on any atom is -0.449 e. The van der Waals surface area contributed by atoms with Crippen molar-refractivity contribution in [2.24, 2.45) is 11.3 Å². The molecule has 2 fully saturated rings. The Labute approximate surface area is 173 Å². The number of nitrogens with zero attached hydrogens (tertiary/aromatic N) is 3. The van der Waals surface area contributed by atoms with Crippen LogP contribution in [0.25, 0.3) is 11.0 Å². The van der Waals surface area contributed by atoms with E-state index in [0.29, 0.717) is 40.8 Å². The Morgan fingerprint density at radius 1 is 1.30 bits per heavy atom. The summed E-state index contributed by atoms with van der Waals surface area (Å²) in [5.41, 5.74) is 2.08. The standard InChI is InChI=1S/C22H24N4O4/c1-13-19(14(2)30-25-13)21(28)26-7-4-22(5-8-26)10-16(22)11-24-20(27)17-9-15-3-6-23-12-18(15)29-17/h3,6,9,12,16H,4-5,7-8,10-11H2,1-2H3,(H,24,27). The number of nitrogens with one attached hydrogen (secondary N) is 1. The van der Waals surface area contributed by atoms with Gasteiger partial charge in [0.05, 0.1) is 11.9 Å². The number of rotatable bonds is 4. The maximum absolute atomic E-state index is 12.8. The van der Waals surface area contributed by atoms with Gasteiger partial charge in [0.2, 0.25) is 0 Å². The van der Waals surface area contributed by atoms with Crippen LogP contribution in [0.4, 0.5) is 0 Å². The predicted molar refractivity (Wildman–Crippen MR) is 108 cm³/mol. The predicted octanol–water partition coefficient (Wildman–Crippen LogP) is 3.10. The highest BCUT2D eigenvalue weighted by atomic mass is 16.5. The molecule has 1 saturated carbocycles. The number of likely N-dealkylation sites (tertiary alicyclic amines) is 1. The number of aromatic nitrogens is 2. The van der Waals surface area contributed by atoms with Crippen LogP contribution in [-0.4, -0.2) is 46.5 Å². The van der Waals surface area contributed by atoms with Gasteiger partial charge in [-0.3, -0.25) is 14.6 Å². The van der Waals surface area contributed by atoms with Crippen molar-refractivity contribution in [2.45, 2.75) is 33.1 Å². The van der Waals surface area contributed by atoms with Crippen LogP contribution in [0.3, 0.4) is 0 Å². The SMILES string of the molecule is Cc1noc(C)c1C(=O)N1CCC2(CC1)CC2CNC(=O)c1cc2ccncc2o1. The first-order chi connectivity index (χ1) is 14.5. The first-order valence-corrected chi connectivity index (χ1v) is 10.3. The summed E-state index contributed by atoms with van der Waals surface area (Å²) in [5.74, 6) is 1.15. The van der Waals surface area contributed by atoms with Gasteiger partial charge in [-0.2, -0.15) is 0 Å². The van der Waals surface area contributed by atoms with Crippen LogP contribution in [0.1, 0.15) is 51.6 Å². The zero-order valence-corrected chi connectivity index (χ0v) is 17.1. The topological polar surface area (TPSA) is 101 Å². The fourth-order valence-corrected chi connectivity index (χ4v) is 4.73. The van der Waals surface area contributed by atoms with Gasteiger partial charge in [0.25, 0.3) is 11.8 Å². The maximum Gasteiger partial charge on any atom is 0.287 e. The number of fused-ring (bicyclic) bond motifs is 1. The number of amides is 2. The molecule has 0 radical (unpaired) electrons. The van der Waals surface area contributed by atoms with Crippen molar-refractivity contribution in [3.63, 3.8) is 0 Å². The summed E-state index contributed by atoms with van der Waals surface area (Å²) in [4.78, 5) is 31.2. The lowest BCUT2D eigenvalue weighted by atomic mass is 9.90. The fourth-order valence-electron chi connectivity index (χ4n) is 4.73. The summed E-state index contributed by atoms with van der Waals surface area (Å²) in [6.07, 6.45) is 6.29. The number of pyridine rings is 1. The molecule has 1 N–H and O–H groups in total. The molecule has 4 heterocycles. The monoisotopic (exact) mass is 408 g/mol. The Hall–Kier alpha value is -3.16. The van der Waals surface area contributed by atoms with E-state index in [0.717, 1.165) is 37.7 Å². The number of furan rings is 1. The second kappa shape index (κ2) is 6.97. The molecule has 3 aromatic heterocycles. The van der Waals surface area contributed by atoms with E-state index >= 15 is 0 Å². The minimum atomic E-state index is -0.195. The van der Waals surface area contributed by atoms with Crippen LogP contribution in [0.5, 0.6) is 0 Å². The quantitative estimate of drug-likeness (QED) is 0.712. The highest BCUT2D eigenvalue weighted by Crippen LogP contribution is 2.59. The van der Waals surface area contributed by atoms with Gasteiger partial charge in [-0.25, -0.2) is 0 Å². The first kappa shape index (κ1) is 18.8. The molecule has 0 aromatic carbocycles. The summed E-state index contributed by atoms with van der Waals surface area (Å²) in [7, 11) is 0. The average Bonchev–Trinajstić information content (AvgIpc) is 3.08. The second-order valence-corrected chi connectivity index (χ2v) is 8.49. The highest BCUT2D eigenvalue weighted by molar-refractivity contribution is 5.96. The van der Waals surface area contributed by atoms with Crippen LogP contribution in [0.2, 0.25) is 0 Å². The molecule has 2 amide bonds. The van der Waals surface area contributed by atoms with E-state index in [1.54, 1.807) is 32.3 Å². The van der Waals surface area contributed by atoms with Gasteiger partial charge in [0, 0.05) is 31.2 Å². The number of carbonyl (C=O) groups excluding carboxylic acids is 2. The molecule has 30 heavy (non-hydrogen) atoms. The van der Waals surface area contributed by atoms with E-state index in [4.69, 9.17) is 8.94 Å². The van der Waals surface area contributed by atoms with Gasteiger partial charge < -0.3 is 19.2 Å². The maximum atomic E-state index is 12.8. The Bertz CT molecular complexity index is 1070.